The van der Waals surface area contributed by atoms with Crippen molar-refractivity contribution in [3.05, 3.63) is 33.8 Å². The molecule has 0 N–H and O–H groups in total. The zero-order valence-corrected chi connectivity index (χ0v) is 10.7. The third kappa shape index (κ3) is 2.78. The van der Waals surface area contributed by atoms with Gasteiger partial charge in [0.1, 0.15) is 5.78 Å². The highest BCUT2D eigenvalue weighted by molar-refractivity contribution is 6.33. The molecule has 1 aromatic rings. The Labute approximate surface area is 106 Å². The van der Waals surface area contributed by atoms with Gasteiger partial charge in [0.15, 0.2) is 0 Å². The molecule has 1 nitrogen and oxygen atoms in total. The van der Waals surface area contributed by atoms with Crippen molar-refractivity contribution in [2.75, 3.05) is 0 Å². The minimum Gasteiger partial charge on any atom is -0.299 e. The highest BCUT2D eigenvalue weighted by atomic mass is 35.5. The lowest BCUT2D eigenvalue weighted by Gasteiger charge is -2.10. The average molecular weight is 257 g/mol. The van der Waals surface area contributed by atoms with E-state index in [2.05, 4.69) is 0 Å². The first-order valence-electron chi connectivity index (χ1n) is 5.54. The molecule has 1 aliphatic rings. The number of Topliss-reactive ketones (excluding diaryl/α,β-unsaturated/α-hetero) is 1. The molecule has 0 heterocycles. The minimum absolute atomic E-state index is 0.162. The first-order chi connectivity index (χ1) is 7.58. The highest BCUT2D eigenvalue weighted by Crippen LogP contribution is 2.37. The highest BCUT2D eigenvalue weighted by Gasteiger charge is 2.32. The molecule has 0 spiro atoms. The fraction of sp³-hybridized carbons (Fsp3) is 0.462. The molecule has 1 aromatic carbocycles. The van der Waals surface area contributed by atoms with Gasteiger partial charge < -0.3 is 0 Å². The molecular formula is C13H14Cl2O. The Kier molecular flexibility index (Phi) is 3.56. The molecular weight excluding hydrogens is 243 g/mol. The molecule has 2 rings (SSSR count). The third-order valence-electron chi connectivity index (χ3n) is 3.21. The number of hydrogen-bond acceptors (Lipinski definition) is 1. The maximum Gasteiger partial charge on any atom is 0.140 e. The van der Waals surface area contributed by atoms with E-state index in [1.165, 1.54) is 12.8 Å². The number of hydrogen-bond donors (Lipinski definition) is 0. The first kappa shape index (κ1) is 11.9. The molecule has 1 saturated carbocycles. The van der Waals surface area contributed by atoms with Crippen LogP contribution < -0.4 is 0 Å². The van der Waals surface area contributed by atoms with Crippen LogP contribution in [0.1, 0.15) is 25.3 Å². The third-order valence-corrected chi connectivity index (χ3v) is 3.81. The lowest BCUT2D eigenvalue weighted by Crippen LogP contribution is -2.15. The van der Waals surface area contributed by atoms with Crippen molar-refractivity contribution in [1.29, 1.82) is 0 Å². The van der Waals surface area contributed by atoms with Gasteiger partial charge in [0.2, 0.25) is 0 Å². The summed E-state index contributed by atoms with van der Waals surface area (Å²) in [5.41, 5.74) is 0.840. The summed E-state index contributed by atoms with van der Waals surface area (Å²) >= 11 is 11.9. The standard InChI is InChI=1S/C13H14Cl2O/c1-8(9-2-3-9)13(16)7-10-6-11(14)4-5-12(10)15/h4-6,8-9H,2-3,7H2,1H3. The number of carbonyl (C=O) groups excluding carboxylic acids is 1. The molecule has 0 aromatic heterocycles. The van der Waals surface area contributed by atoms with Crippen LogP contribution in [0.3, 0.4) is 0 Å². The summed E-state index contributed by atoms with van der Waals surface area (Å²) in [6.45, 7) is 2.01. The van der Waals surface area contributed by atoms with Crippen LogP contribution in [-0.2, 0) is 11.2 Å². The first-order valence-corrected chi connectivity index (χ1v) is 6.30. The van der Waals surface area contributed by atoms with E-state index in [-0.39, 0.29) is 11.7 Å². The van der Waals surface area contributed by atoms with E-state index in [1.54, 1.807) is 18.2 Å². The average Bonchev–Trinajstić information content (AvgIpc) is 3.06. The van der Waals surface area contributed by atoms with Crippen LogP contribution in [0.5, 0.6) is 0 Å². The predicted octanol–water partition coefficient (Wildman–Crippen LogP) is 4.15. The zero-order chi connectivity index (χ0) is 11.7. The second kappa shape index (κ2) is 4.77. The Morgan fingerprint density at radius 3 is 2.75 bits per heavy atom. The fourth-order valence-corrected chi connectivity index (χ4v) is 2.27. The maximum atomic E-state index is 12.0. The van der Waals surface area contributed by atoms with Gasteiger partial charge in [-0.2, -0.15) is 0 Å². The Morgan fingerprint density at radius 2 is 2.12 bits per heavy atom. The summed E-state index contributed by atoms with van der Waals surface area (Å²) in [6.07, 6.45) is 2.78. The largest absolute Gasteiger partial charge is 0.299 e. The van der Waals surface area contributed by atoms with Gasteiger partial charge in [-0.05, 0) is 42.5 Å². The van der Waals surface area contributed by atoms with Gasteiger partial charge in [0.25, 0.3) is 0 Å². The van der Waals surface area contributed by atoms with E-state index in [4.69, 9.17) is 23.2 Å². The molecule has 0 aliphatic heterocycles. The van der Waals surface area contributed by atoms with Crippen LogP contribution in [0, 0.1) is 11.8 Å². The summed E-state index contributed by atoms with van der Waals surface area (Å²) < 4.78 is 0. The Bertz CT molecular complexity index is 410. The van der Waals surface area contributed by atoms with Crippen molar-refractivity contribution in [1.82, 2.24) is 0 Å². The van der Waals surface area contributed by atoms with Crippen LogP contribution in [0.25, 0.3) is 0 Å². The lowest BCUT2D eigenvalue weighted by molar-refractivity contribution is -0.122. The summed E-state index contributed by atoms with van der Waals surface area (Å²) in [7, 11) is 0. The van der Waals surface area contributed by atoms with Crippen molar-refractivity contribution >= 4 is 29.0 Å². The van der Waals surface area contributed by atoms with Gasteiger partial charge in [-0.15, -0.1) is 0 Å². The maximum absolute atomic E-state index is 12.0. The van der Waals surface area contributed by atoms with Crippen molar-refractivity contribution in [2.45, 2.75) is 26.2 Å². The molecule has 16 heavy (non-hydrogen) atoms. The molecule has 86 valence electrons. The molecule has 0 bridgehead atoms. The predicted molar refractivity (Wildman–Crippen MR) is 67.1 cm³/mol. The lowest BCUT2D eigenvalue weighted by atomic mass is 9.95. The van der Waals surface area contributed by atoms with Gasteiger partial charge in [-0.1, -0.05) is 30.1 Å². The summed E-state index contributed by atoms with van der Waals surface area (Å²) in [4.78, 5) is 12.0. The van der Waals surface area contributed by atoms with E-state index in [0.717, 1.165) is 5.56 Å². The Balaban J connectivity index is 2.07. The second-order valence-electron chi connectivity index (χ2n) is 4.50. The summed E-state index contributed by atoms with van der Waals surface area (Å²) in [6, 6.07) is 5.26. The minimum atomic E-state index is 0.162. The monoisotopic (exact) mass is 256 g/mol. The number of rotatable bonds is 4. The second-order valence-corrected chi connectivity index (χ2v) is 5.35. The van der Waals surface area contributed by atoms with Gasteiger partial charge in [0.05, 0.1) is 0 Å². The van der Waals surface area contributed by atoms with E-state index in [9.17, 15) is 4.79 Å². The fourth-order valence-electron chi connectivity index (χ4n) is 1.89. The van der Waals surface area contributed by atoms with Gasteiger partial charge >= 0.3 is 0 Å². The molecule has 0 amide bonds. The van der Waals surface area contributed by atoms with E-state index in [1.807, 2.05) is 6.92 Å². The van der Waals surface area contributed by atoms with Crippen LogP contribution in [0.2, 0.25) is 10.0 Å². The molecule has 1 unspecified atom stereocenters. The van der Waals surface area contributed by atoms with Crippen molar-refractivity contribution < 1.29 is 4.79 Å². The molecule has 1 aliphatic carbocycles. The van der Waals surface area contributed by atoms with Gasteiger partial charge in [-0.25, -0.2) is 0 Å². The quantitative estimate of drug-likeness (QED) is 0.791. The Hall–Kier alpha value is -0.530. The normalized spacial score (nSPS) is 17.2. The smallest absolute Gasteiger partial charge is 0.140 e. The number of carbonyl (C=O) groups is 1. The molecule has 0 radical (unpaired) electrons. The van der Waals surface area contributed by atoms with Crippen molar-refractivity contribution in [3.63, 3.8) is 0 Å². The SMILES string of the molecule is CC(C(=O)Cc1cc(Cl)ccc1Cl)C1CC1. The topological polar surface area (TPSA) is 17.1 Å². The van der Waals surface area contributed by atoms with Crippen LogP contribution in [0.15, 0.2) is 18.2 Å². The Morgan fingerprint density at radius 1 is 1.44 bits per heavy atom. The van der Waals surface area contributed by atoms with E-state index in [0.29, 0.717) is 22.4 Å². The molecule has 1 fully saturated rings. The summed E-state index contributed by atoms with van der Waals surface area (Å²) in [5, 5.41) is 1.26. The van der Waals surface area contributed by atoms with Crippen molar-refractivity contribution in [2.24, 2.45) is 11.8 Å². The van der Waals surface area contributed by atoms with Crippen LogP contribution in [-0.4, -0.2) is 5.78 Å². The number of benzene rings is 1. The molecule has 1 atom stereocenters. The van der Waals surface area contributed by atoms with Crippen LogP contribution >= 0.6 is 23.2 Å². The number of halogens is 2. The number of ketones is 1. The zero-order valence-electron chi connectivity index (χ0n) is 9.17. The molecule has 0 saturated heterocycles. The van der Waals surface area contributed by atoms with Gasteiger partial charge in [-0.3, -0.25) is 4.79 Å². The van der Waals surface area contributed by atoms with E-state index >= 15 is 0 Å². The van der Waals surface area contributed by atoms with Crippen LogP contribution in [0.4, 0.5) is 0 Å². The summed E-state index contributed by atoms with van der Waals surface area (Å²) in [5.74, 6) is 1.03. The van der Waals surface area contributed by atoms with E-state index < -0.39 is 0 Å². The van der Waals surface area contributed by atoms with Gasteiger partial charge in [0, 0.05) is 22.4 Å². The van der Waals surface area contributed by atoms with Crippen molar-refractivity contribution in [3.8, 4) is 0 Å². The molecule has 3 heteroatoms.